The van der Waals surface area contributed by atoms with E-state index in [-0.39, 0.29) is 36.5 Å². The van der Waals surface area contributed by atoms with Crippen molar-refractivity contribution < 1.29 is 46.0 Å². The van der Waals surface area contributed by atoms with E-state index >= 15 is 0 Å². The summed E-state index contributed by atoms with van der Waals surface area (Å²) in [5.41, 5.74) is 0. The number of hydrogen-bond acceptors (Lipinski definition) is 2. The summed E-state index contributed by atoms with van der Waals surface area (Å²) in [4.78, 5) is 16.0. The van der Waals surface area contributed by atoms with E-state index in [2.05, 4.69) is 54.6 Å². The van der Waals surface area contributed by atoms with E-state index in [0.29, 0.717) is 0 Å². The molecule has 0 bridgehead atoms. The van der Waals surface area contributed by atoms with Gasteiger partial charge in [-0.2, -0.15) is 0 Å². The molecule has 0 radical (unpaired) electrons. The molecule has 100 valence electrons. The van der Waals surface area contributed by atoms with E-state index in [1.54, 1.807) is 0 Å². The first-order valence-corrected chi connectivity index (χ1v) is 5.06. The van der Waals surface area contributed by atoms with E-state index in [0.717, 1.165) is 0 Å². The van der Waals surface area contributed by atoms with Crippen LogP contribution < -0.4 is 17.0 Å². The van der Waals surface area contributed by atoms with Crippen molar-refractivity contribution in [3.05, 3.63) is 54.6 Å². The van der Waals surface area contributed by atoms with Crippen LogP contribution in [-0.4, -0.2) is 13.6 Å². The largest absolute Gasteiger partial charge is 2.00 e. The molecule has 0 aliphatic rings. The van der Waals surface area contributed by atoms with Gasteiger partial charge in [0.2, 0.25) is 0 Å². The first-order valence-electron chi connectivity index (χ1n) is 5.06. The normalized spacial score (nSPS) is 8.00. The van der Waals surface area contributed by atoms with Crippen molar-refractivity contribution in [2.24, 2.45) is 0 Å². The second kappa shape index (κ2) is 10.7. The van der Waals surface area contributed by atoms with Crippen LogP contribution in [0.1, 0.15) is 0 Å². The minimum Gasteiger partial charge on any atom is -1.00 e. The number of benzene rings is 2. The summed E-state index contributed by atoms with van der Waals surface area (Å²) in [7, 11) is 0. The molecule has 3 aromatic carbocycles. The molecule has 0 aromatic heterocycles. The predicted octanol–water partition coefficient (Wildman–Crippen LogP) is 0.344. The van der Waals surface area contributed by atoms with Crippen molar-refractivity contribution in [3.8, 4) is 0 Å². The standard InChI is InChI=1S/C13H9.2CH2O.BrH.Ru/c1-3-7-12-10(5-1)9-11-6-2-4-8-13(11)12;2*1-2;;/h1-9H;2*1H2;1H;/q-1;;;;+2/p-1. The van der Waals surface area contributed by atoms with Gasteiger partial charge in [0.1, 0.15) is 13.6 Å². The molecular formula is C15H13BrO2Ru. The van der Waals surface area contributed by atoms with Gasteiger partial charge >= 0.3 is 19.5 Å². The molecule has 0 atom stereocenters. The Kier molecular flexibility index (Phi) is 11.3. The van der Waals surface area contributed by atoms with Gasteiger partial charge in [0.25, 0.3) is 0 Å². The Morgan fingerprint density at radius 2 is 1.00 bits per heavy atom. The van der Waals surface area contributed by atoms with Crippen LogP contribution in [0.2, 0.25) is 0 Å². The van der Waals surface area contributed by atoms with E-state index in [1.165, 1.54) is 21.5 Å². The molecule has 3 rings (SSSR count). The van der Waals surface area contributed by atoms with Gasteiger partial charge in [-0.15, -0.1) is 39.7 Å². The van der Waals surface area contributed by atoms with Crippen LogP contribution in [-0.2, 0) is 29.1 Å². The fraction of sp³-hybridized carbons (Fsp3) is 0. The molecule has 0 fully saturated rings. The van der Waals surface area contributed by atoms with Crippen LogP contribution >= 0.6 is 0 Å². The Hall–Kier alpha value is -1.25. The molecule has 0 aliphatic heterocycles. The minimum absolute atomic E-state index is 0. The van der Waals surface area contributed by atoms with Crippen molar-refractivity contribution in [3.63, 3.8) is 0 Å². The van der Waals surface area contributed by atoms with Gasteiger partial charge < -0.3 is 26.6 Å². The quantitative estimate of drug-likeness (QED) is 0.399. The molecule has 0 spiro atoms. The molecule has 0 unspecified atom stereocenters. The van der Waals surface area contributed by atoms with Crippen LogP contribution in [0.3, 0.4) is 0 Å². The summed E-state index contributed by atoms with van der Waals surface area (Å²) >= 11 is 0. The summed E-state index contributed by atoms with van der Waals surface area (Å²) in [6, 6.07) is 19.3. The number of carbonyl (C=O) groups excluding carboxylic acids is 2. The second-order valence-corrected chi connectivity index (χ2v) is 3.32. The van der Waals surface area contributed by atoms with E-state index in [4.69, 9.17) is 9.59 Å². The van der Waals surface area contributed by atoms with Gasteiger partial charge in [0.15, 0.2) is 0 Å². The van der Waals surface area contributed by atoms with Crippen molar-refractivity contribution in [2.45, 2.75) is 0 Å². The Morgan fingerprint density at radius 3 is 1.37 bits per heavy atom. The number of hydrogen-bond donors (Lipinski definition) is 0. The number of fused-ring (bicyclic) bond motifs is 3. The maximum absolute atomic E-state index is 8.00. The van der Waals surface area contributed by atoms with Gasteiger partial charge in [0, 0.05) is 0 Å². The van der Waals surface area contributed by atoms with Crippen molar-refractivity contribution in [2.75, 3.05) is 0 Å². The summed E-state index contributed by atoms with van der Waals surface area (Å²) in [6.07, 6.45) is 0. The average Bonchev–Trinajstić information content (AvgIpc) is 2.82. The molecule has 3 aromatic rings. The molecule has 4 heteroatoms. The van der Waals surface area contributed by atoms with Crippen LogP contribution in [0, 0.1) is 0 Å². The third kappa shape index (κ3) is 4.41. The summed E-state index contributed by atoms with van der Waals surface area (Å²) in [5.74, 6) is 0. The molecule has 0 saturated heterocycles. The summed E-state index contributed by atoms with van der Waals surface area (Å²) in [5, 5.41) is 5.39. The molecule has 0 heterocycles. The van der Waals surface area contributed by atoms with Gasteiger partial charge in [0.05, 0.1) is 0 Å². The zero-order chi connectivity index (χ0) is 12.7. The molecule has 2 nitrogen and oxygen atoms in total. The first-order chi connectivity index (χ1) is 8.45. The number of carbonyl (C=O) groups is 2. The third-order valence-electron chi connectivity index (χ3n) is 2.52. The van der Waals surface area contributed by atoms with Crippen LogP contribution in [0.5, 0.6) is 0 Å². The summed E-state index contributed by atoms with van der Waals surface area (Å²) < 4.78 is 0. The Morgan fingerprint density at radius 1 is 0.684 bits per heavy atom. The van der Waals surface area contributed by atoms with Crippen LogP contribution in [0.4, 0.5) is 0 Å². The fourth-order valence-electron chi connectivity index (χ4n) is 1.90. The van der Waals surface area contributed by atoms with Gasteiger partial charge in [-0.3, -0.25) is 0 Å². The smallest absolute Gasteiger partial charge is 1.00 e. The van der Waals surface area contributed by atoms with Gasteiger partial charge in [-0.25, -0.2) is 0 Å². The molecule has 0 aliphatic carbocycles. The van der Waals surface area contributed by atoms with E-state index < -0.39 is 0 Å². The fourth-order valence-corrected chi connectivity index (χ4v) is 1.90. The van der Waals surface area contributed by atoms with E-state index in [1.807, 2.05) is 13.6 Å². The van der Waals surface area contributed by atoms with Crippen molar-refractivity contribution >= 4 is 35.1 Å². The SMILES string of the molecule is C=O.C=O.[Br-].[Ru+2].c1ccc2c(c1)[cH-]c1ccccc12. The zero-order valence-electron chi connectivity index (χ0n) is 10.2. The molecule has 0 amide bonds. The topological polar surface area (TPSA) is 34.1 Å². The maximum Gasteiger partial charge on any atom is 2.00 e. The van der Waals surface area contributed by atoms with Crippen LogP contribution in [0.15, 0.2) is 54.6 Å². The zero-order valence-corrected chi connectivity index (χ0v) is 13.5. The van der Waals surface area contributed by atoms with Crippen molar-refractivity contribution in [1.29, 1.82) is 0 Å². The monoisotopic (exact) mass is 406 g/mol. The van der Waals surface area contributed by atoms with Crippen molar-refractivity contribution in [1.82, 2.24) is 0 Å². The molecule has 19 heavy (non-hydrogen) atoms. The van der Waals surface area contributed by atoms with Gasteiger partial charge in [-0.05, 0) is 0 Å². The maximum atomic E-state index is 8.00. The Labute approximate surface area is 135 Å². The molecular weight excluding hydrogens is 393 g/mol. The van der Waals surface area contributed by atoms with Crippen LogP contribution in [0.25, 0.3) is 21.5 Å². The first kappa shape index (κ1) is 20.1. The second-order valence-electron chi connectivity index (χ2n) is 3.32. The number of halogens is 1. The Bertz CT molecular complexity index is 555. The van der Waals surface area contributed by atoms with Gasteiger partial charge in [-0.1, -0.05) is 36.4 Å². The minimum atomic E-state index is 0. The molecule has 0 N–H and O–H groups in total. The summed E-state index contributed by atoms with van der Waals surface area (Å²) in [6.45, 7) is 4.00. The third-order valence-corrected chi connectivity index (χ3v) is 2.52. The Balaban J connectivity index is 0. The average molecular weight is 406 g/mol. The van der Waals surface area contributed by atoms with E-state index in [9.17, 15) is 0 Å². The number of rotatable bonds is 0. The predicted molar refractivity (Wildman–Crippen MR) is 71.3 cm³/mol. The molecule has 0 saturated carbocycles.